The topological polar surface area (TPSA) is 66.8 Å². The van der Waals surface area contributed by atoms with Crippen LogP contribution in [0.5, 0.6) is 0 Å². The van der Waals surface area contributed by atoms with Crippen LogP contribution in [0.4, 0.5) is 4.79 Å². The smallest absolute Gasteiger partial charge is 0.411 e. The molecule has 0 aromatic carbocycles. The van der Waals surface area contributed by atoms with Crippen LogP contribution in [0.25, 0.3) is 0 Å². The van der Waals surface area contributed by atoms with Crippen molar-refractivity contribution in [3.63, 3.8) is 0 Å². The maximum absolute atomic E-state index is 12.1. The van der Waals surface area contributed by atoms with Gasteiger partial charge < -0.3 is 9.84 Å². The van der Waals surface area contributed by atoms with Gasteiger partial charge in [0, 0.05) is 6.54 Å². The fraction of sp³-hybridized carbons (Fsp3) is 0.846. The van der Waals surface area contributed by atoms with Crippen LogP contribution in [0.2, 0.25) is 0 Å². The fourth-order valence-electron chi connectivity index (χ4n) is 2.46. The maximum Gasteiger partial charge on any atom is 0.411 e. The number of nitrogens with zero attached hydrogens (tertiary/aromatic N) is 1. The summed E-state index contributed by atoms with van der Waals surface area (Å²) in [7, 11) is 0. The average molecular weight is 257 g/mol. The summed E-state index contributed by atoms with van der Waals surface area (Å²) in [6, 6.07) is 0. The zero-order chi connectivity index (χ0) is 14.0. The minimum absolute atomic E-state index is 0.460. The van der Waals surface area contributed by atoms with E-state index >= 15 is 0 Å². The van der Waals surface area contributed by atoms with Crippen molar-refractivity contribution in [2.75, 3.05) is 6.54 Å². The van der Waals surface area contributed by atoms with Crippen molar-refractivity contribution >= 4 is 12.1 Å². The second kappa shape index (κ2) is 5.16. The van der Waals surface area contributed by atoms with Gasteiger partial charge in [0.25, 0.3) is 0 Å². The molecular formula is C13H23NO4. The Bertz CT molecular complexity index is 334. The highest BCUT2D eigenvalue weighted by Gasteiger charge is 2.50. The van der Waals surface area contributed by atoms with Crippen LogP contribution in [-0.2, 0) is 9.53 Å². The quantitative estimate of drug-likeness (QED) is 0.844. The monoisotopic (exact) mass is 257 g/mol. The molecule has 1 aliphatic heterocycles. The second-order valence-electron chi connectivity index (χ2n) is 5.82. The first kappa shape index (κ1) is 14.8. The van der Waals surface area contributed by atoms with E-state index in [4.69, 9.17) is 4.74 Å². The molecule has 1 aliphatic rings. The Balaban J connectivity index is 2.92. The van der Waals surface area contributed by atoms with Crippen molar-refractivity contribution in [1.29, 1.82) is 0 Å². The average Bonchev–Trinajstić information content (AvgIpc) is 2.60. The molecule has 0 unspecified atom stereocenters. The Labute approximate surface area is 108 Å². The zero-order valence-electron chi connectivity index (χ0n) is 11.7. The Kier molecular flexibility index (Phi) is 4.24. The number of carboxylic acids is 1. The van der Waals surface area contributed by atoms with E-state index in [2.05, 4.69) is 0 Å². The van der Waals surface area contributed by atoms with Crippen molar-refractivity contribution in [3.05, 3.63) is 0 Å². The minimum Gasteiger partial charge on any atom is -0.479 e. The predicted octanol–water partition coefficient (Wildman–Crippen LogP) is 2.64. The largest absolute Gasteiger partial charge is 0.479 e. The summed E-state index contributed by atoms with van der Waals surface area (Å²) in [6.45, 7) is 7.73. The molecule has 0 radical (unpaired) electrons. The number of ether oxygens (including phenoxy) is 1. The summed E-state index contributed by atoms with van der Waals surface area (Å²) >= 11 is 0. The molecule has 0 aromatic heterocycles. The van der Waals surface area contributed by atoms with Crippen LogP contribution in [-0.4, -0.2) is 39.8 Å². The summed E-state index contributed by atoms with van der Waals surface area (Å²) < 4.78 is 5.30. The lowest BCUT2D eigenvalue weighted by molar-refractivity contribution is -0.150. The van der Waals surface area contributed by atoms with Gasteiger partial charge in [-0.15, -0.1) is 0 Å². The van der Waals surface area contributed by atoms with Gasteiger partial charge in [-0.3, -0.25) is 4.90 Å². The third-order valence-electron chi connectivity index (χ3n) is 3.16. The molecule has 5 nitrogen and oxygen atoms in total. The van der Waals surface area contributed by atoms with E-state index in [1.165, 1.54) is 4.90 Å². The maximum atomic E-state index is 12.1. The first-order valence-electron chi connectivity index (χ1n) is 6.47. The van der Waals surface area contributed by atoms with E-state index in [1.807, 2.05) is 6.92 Å². The minimum atomic E-state index is -1.07. The Morgan fingerprint density at radius 1 is 1.39 bits per heavy atom. The number of aliphatic carboxylic acids is 1. The van der Waals surface area contributed by atoms with Gasteiger partial charge in [0.15, 0.2) is 0 Å². The molecule has 104 valence electrons. The molecule has 0 saturated carbocycles. The number of hydrogen-bond donors (Lipinski definition) is 1. The molecule has 0 spiro atoms. The lowest BCUT2D eigenvalue weighted by Gasteiger charge is -2.35. The summed E-state index contributed by atoms with van der Waals surface area (Å²) in [4.78, 5) is 25.0. The SMILES string of the molecule is CCC[C@]1(C(=O)O)CCCN1C(=O)OC(C)(C)C. The molecule has 1 N–H and O–H groups in total. The van der Waals surface area contributed by atoms with Gasteiger partial charge in [-0.25, -0.2) is 9.59 Å². The molecule has 1 saturated heterocycles. The lowest BCUT2D eigenvalue weighted by atomic mass is 9.91. The van der Waals surface area contributed by atoms with Crippen LogP contribution >= 0.6 is 0 Å². The van der Waals surface area contributed by atoms with Gasteiger partial charge >= 0.3 is 12.1 Å². The van der Waals surface area contributed by atoms with E-state index in [9.17, 15) is 14.7 Å². The number of likely N-dealkylation sites (tertiary alicyclic amines) is 1. The van der Waals surface area contributed by atoms with E-state index in [-0.39, 0.29) is 0 Å². The van der Waals surface area contributed by atoms with Gasteiger partial charge in [-0.05, 0) is 40.0 Å². The van der Waals surface area contributed by atoms with Crippen molar-refractivity contribution in [2.24, 2.45) is 0 Å². The first-order chi connectivity index (χ1) is 8.23. The van der Waals surface area contributed by atoms with Gasteiger partial charge in [0.05, 0.1) is 0 Å². The first-order valence-corrected chi connectivity index (χ1v) is 6.47. The van der Waals surface area contributed by atoms with Crippen LogP contribution in [0.3, 0.4) is 0 Å². The fourth-order valence-corrected chi connectivity index (χ4v) is 2.46. The van der Waals surface area contributed by atoms with E-state index in [0.29, 0.717) is 25.8 Å². The number of hydrogen-bond acceptors (Lipinski definition) is 3. The molecular weight excluding hydrogens is 234 g/mol. The number of carbonyl (C=O) groups is 2. The molecule has 0 aliphatic carbocycles. The standard InChI is InChI=1S/C13H23NO4/c1-5-7-13(10(15)16)8-6-9-14(13)11(17)18-12(2,3)4/h5-9H2,1-4H3,(H,15,16)/t13-/m1/s1. The Morgan fingerprint density at radius 2 is 2.00 bits per heavy atom. The van der Waals surface area contributed by atoms with Crippen LogP contribution < -0.4 is 0 Å². The second-order valence-corrected chi connectivity index (χ2v) is 5.82. The number of carbonyl (C=O) groups excluding carboxylic acids is 1. The predicted molar refractivity (Wildman–Crippen MR) is 67.4 cm³/mol. The summed E-state index contributed by atoms with van der Waals surface area (Å²) in [5, 5.41) is 9.46. The lowest BCUT2D eigenvalue weighted by Crippen LogP contribution is -2.54. The van der Waals surface area contributed by atoms with E-state index < -0.39 is 23.2 Å². The molecule has 5 heteroatoms. The van der Waals surface area contributed by atoms with Crippen LogP contribution in [0.1, 0.15) is 53.4 Å². The van der Waals surface area contributed by atoms with Crippen LogP contribution in [0.15, 0.2) is 0 Å². The van der Waals surface area contributed by atoms with Crippen LogP contribution in [0, 0.1) is 0 Å². The third-order valence-corrected chi connectivity index (χ3v) is 3.16. The molecule has 1 fully saturated rings. The van der Waals surface area contributed by atoms with Crippen molar-refractivity contribution < 1.29 is 19.4 Å². The van der Waals surface area contributed by atoms with Gasteiger partial charge in [-0.2, -0.15) is 0 Å². The highest BCUT2D eigenvalue weighted by atomic mass is 16.6. The molecule has 0 bridgehead atoms. The van der Waals surface area contributed by atoms with Gasteiger partial charge in [0.1, 0.15) is 11.1 Å². The van der Waals surface area contributed by atoms with Gasteiger partial charge in [0.2, 0.25) is 0 Å². The zero-order valence-corrected chi connectivity index (χ0v) is 11.7. The van der Waals surface area contributed by atoms with E-state index in [0.717, 1.165) is 6.42 Å². The number of amides is 1. The summed E-state index contributed by atoms with van der Waals surface area (Å²) in [6.07, 6.45) is 1.91. The Hall–Kier alpha value is -1.26. The normalized spacial score (nSPS) is 24.1. The highest BCUT2D eigenvalue weighted by molar-refractivity contribution is 5.85. The van der Waals surface area contributed by atoms with Crippen molar-refractivity contribution in [3.8, 4) is 0 Å². The molecule has 1 heterocycles. The number of rotatable bonds is 3. The van der Waals surface area contributed by atoms with E-state index in [1.54, 1.807) is 20.8 Å². The van der Waals surface area contributed by atoms with Gasteiger partial charge in [-0.1, -0.05) is 13.3 Å². The van der Waals surface area contributed by atoms with Crippen molar-refractivity contribution in [2.45, 2.75) is 64.5 Å². The molecule has 1 rings (SSSR count). The number of carboxylic acid groups (broad SMARTS) is 1. The molecule has 18 heavy (non-hydrogen) atoms. The highest BCUT2D eigenvalue weighted by Crippen LogP contribution is 2.35. The van der Waals surface area contributed by atoms with Crippen molar-refractivity contribution in [1.82, 2.24) is 4.90 Å². The molecule has 0 aromatic rings. The molecule has 1 atom stereocenters. The third kappa shape index (κ3) is 2.94. The Morgan fingerprint density at radius 3 is 2.44 bits per heavy atom. The molecule has 1 amide bonds. The summed E-state index contributed by atoms with van der Waals surface area (Å²) in [5.41, 5.74) is -1.67. The summed E-state index contributed by atoms with van der Waals surface area (Å²) in [5.74, 6) is -0.923.